The molecule has 5 rings (SSSR count). The standard InChI is InChI=1S/C25H19N5OS/c1-2-7-24-19(5-1)9-10-20(26-24)17-32-23-13-11-21(12-14-23)31-22-6-3-4-18(16-22)8-15-25-27-29-30-28-25/h1-16H,17H2,(H,27,28,29,30). The molecule has 0 aliphatic heterocycles. The largest absolute Gasteiger partial charge is 0.457 e. The number of nitrogens with one attached hydrogen (secondary N) is 1. The molecule has 3 aromatic carbocycles. The van der Waals surface area contributed by atoms with Crippen molar-refractivity contribution in [3.63, 3.8) is 0 Å². The number of aromatic amines is 1. The SMILES string of the molecule is C(=Cc1nn[nH]n1)c1cccc(Oc2ccc(SCc3ccc4ccccc4n3)cc2)c1. The number of para-hydroxylation sites is 1. The van der Waals surface area contributed by atoms with Crippen LogP contribution < -0.4 is 4.74 Å². The maximum atomic E-state index is 6.02. The van der Waals surface area contributed by atoms with E-state index in [1.807, 2.05) is 60.7 Å². The molecule has 0 bridgehead atoms. The molecule has 0 saturated heterocycles. The second-order valence-electron chi connectivity index (χ2n) is 7.03. The van der Waals surface area contributed by atoms with Gasteiger partial charge in [-0.05, 0) is 65.4 Å². The molecular weight excluding hydrogens is 418 g/mol. The highest BCUT2D eigenvalue weighted by molar-refractivity contribution is 7.98. The molecule has 2 heterocycles. The molecule has 5 aromatic rings. The highest BCUT2D eigenvalue weighted by atomic mass is 32.2. The summed E-state index contributed by atoms with van der Waals surface area (Å²) in [5.74, 6) is 2.90. The average molecular weight is 438 g/mol. The van der Waals surface area contributed by atoms with Crippen LogP contribution in [0.3, 0.4) is 0 Å². The molecule has 0 radical (unpaired) electrons. The van der Waals surface area contributed by atoms with Gasteiger partial charge in [0.15, 0.2) is 5.82 Å². The summed E-state index contributed by atoms with van der Waals surface area (Å²) in [6.45, 7) is 0. The molecule has 0 fully saturated rings. The second-order valence-corrected chi connectivity index (χ2v) is 8.08. The van der Waals surface area contributed by atoms with Crippen LogP contribution in [-0.4, -0.2) is 25.6 Å². The lowest BCUT2D eigenvalue weighted by molar-refractivity contribution is 0.482. The zero-order chi connectivity index (χ0) is 21.6. The van der Waals surface area contributed by atoms with Gasteiger partial charge in [0.05, 0.1) is 11.2 Å². The highest BCUT2D eigenvalue weighted by Gasteiger charge is 2.03. The van der Waals surface area contributed by atoms with Crippen LogP contribution in [0.2, 0.25) is 0 Å². The Morgan fingerprint density at radius 2 is 1.75 bits per heavy atom. The summed E-state index contributed by atoms with van der Waals surface area (Å²) < 4.78 is 6.02. The molecule has 1 N–H and O–H groups in total. The summed E-state index contributed by atoms with van der Waals surface area (Å²) in [6.07, 6.45) is 3.71. The number of thioether (sulfide) groups is 1. The molecule has 7 heteroatoms. The number of hydrogen-bond acceptors (Lipinski definition) is 6. The zero-order valence-electron chi connectivity index (χ0n) is 17.1. The molecule has 0 atom stereocenters. The third-order valence-corrected chi connectivity index (χ3v) is 5.79. The maximum absolute atomic E-state index is 6.02. The van der Waals surface area contributed by atoms with Crippen molar-refractivity contribution in [2.45, 2.75) is 10.6 Å². The third-order valence-electron chi connectivity index (χ3n) is 4.75. The van der Waals surface area contributed by atoms with Crippen LogP contribution in [0.5, 0.6) is 11.5 Å². The minimum atomic E-state index is 0.531. The van der Waals surface area contributed by atoms with Crippen molar-refractivity contribution in [3.05, 3.63) is 102 Å². The number of rotatable bonds is 7. The Kier molecular flexibility index (Phi) is 5.89. The number of tetrazole rings is 1. The van der Waals surface area contributed by atoms with Crippen molar-refractivity contribution in [2.24, 2.45) is 0 Å². The van der Waals surface area contributed by atoms with Crippen molar-refractivity contribution >= 4 is 34.8 Å². The molecule has 0 aliphatic carbocycles. The molecule has 0 spiro atoms. The van der Waals surface area contributed by atoms with Crippen LogP contribution in [0.15, 0.2) is 89.8 Å². The Bertz CT molecular complexity index is 1350. The van der Waals surface area contributed by atoms with E-state index >= 15 is 0 Å². The summed E-state index contributed by atoms with van der Waals surface area (Å²) in [5, 5.41) is 14.9. The Morgan fingerprint density at radius 1 is 0.844 bits per heavy atom. The first-order chi connectivity index (χ1) is 15.8. The Morgan fingerprint density at radius 3 is 2.62 bits per heavy atom. The summed E-state index contributed by atoms with van der Waals surface area (Å²) in [6, 6.07) is 28.3. The Hall–Kier alpha value is -3.97. The first-order valence-corrected chi connectivity index (χ1v) is 11.1. The third kappa shape index (κ3) is 5.01. The van der Waals surface area contributed by atoms with Gasteiger partial charge in [-0.3, -0.25) is 4.98 Å². The predicted molar refractivity (Wildman–Crippen MR) is 127 cm³/mol. The van der Waals surface area contributed by atoms with E-state index in [0.29, 0.717) is 5.82 Å². The number of aromatic nitrogens is 5. The number of H-pyrrole nitrogens is 1. The normalized spacial score (nSPS) is 11.2. The van der Waals surface area contributed by atoms with Crippen LogP contribution in [0.1, 0.15) is 17.1 Å². The van der Waals surface area contributed by atoms with E-state index in [1.165, 1.54) is 4.90 Å². The van der Waals surface area contributed by atoms with Gasteiger partial charge in [0.1, 0.15) is 11.5 Å². The second kappa shape index (κ2) is 9.45. The lowest BCUT2D eigenvalue weighted by Crippen LogP contribution is -1.88. The fourth-order valence-corrected chi connectivity index (χ4v) is 3.98. The van der Waals surface area contributed by atoms with Crippen molar-refractivity contribution in [1.29, 1.82) is 0 Å². The van der Waals surface area contributed by atoms with Crippen LogP contribution in [0.25, 0.3) is 23.1 Å². The van der Waals surface area contributed by atoms with E-state index in [2.05, 4.69) is 51.0 Å². The van der Waals surface area contributed by atoms with Crippen molar-refractivity contribution in [2.75, 3.05) is 0 Å². The minimum Gasteiger partial charge on any atom is -0.457 e. The van der Waals surface area contributed by atoms with Gasteiger partial charge in [-0.2, -0.15) is 5.21 Å². The number of hydrogen-bond donors (Lipinski definition) is 1. The molecule has 0 saturated carbocycles. The zero-order valence-corrected chi connectivity index (χ0v) is 17.9. The molecule has 0 unspecified atom stereocenters. The fraction of sp³-hybridized carbons (Fsp3) is 0.0400. The van der Waals surface area contributed by atoms with Gasteiger partial charge >= 0.3 is 0 Å². The predicted octanol–water partition coefficient (Wildman–Crippen LogP) is 6.00. The fourth-order valence-electron chi connectivity index (χ4n) is 3.18. The quantitative estimate of drug-likeness (QED) is 0.315. The summed E-state index contributed by atoms with van der Waals surface area (Å²) >= 11 is 1.76. The van der Waals surface area contributed by atoms with Gasteiger partial charge in [-0.25, -0.2) is 0 Å². The van der Waals surface area contributed by atoms with Crippen LogP contribution in [0.4, 0.5) is 0 Å². The van der Waals surface area contributed by atoms with E-state index in [9.17, 15) is 0 Å². The van der Waals surface area contributed by atoms with Crippen molar-refractivity contribution in [3.8, 4) is 11.5 Å². The van der Waals surface area contributed by atoms with Crippen LogP contribution in [0, 0.1) is 0 Å². The first kappa shape index (κ1) is 20.0. The summed E-state index contributed by atoms with van der Waals surface area (Å²) in [4.78, 5) is 5.91. The monoisotopic (exact) mass is 437 g/mol. The van der Waals surface area contributed by atoms with E-state index in [-0.39, 0.29) is 0 Å². The lowest BCUT2D eigenvalue weighted by Gasteiger charge is -2.08. The number of fused-ring (bicyclic) bond motifs is 1. The molecule has 6 nitrogen and oxygen atoms in total. The van der Waals surface area contributed by atoms with Gasteiger partial charge < -0.3 is 4.74 Å². The molecular formula is C25H19N5OS. The van der Waals surface area contributed by atoms with Gasteiger partial charge in [-0.1, -0.05) is 42.5 Å². The van der Waals surface area contributed by atoms with E-state index in [0.717, 1.165) is 39.4 Å². The number of ether oxygens (including phenoxy) is 1. The van der Waals surface area contributed by atoms with Crippen LogP contribution >= 0.6 is 11.8 Å². The maximum Gasteiger partial charge on any atom is 0.197 e. The molecule has 0 amide bonds. The lowest BCUT2D eigenvalue weighted by atomic mass is 10.2. The van der Waals surface area contributed by atoms with Gasteiger partial charge in [0.25, 0.3) is 0 Å². The summed E-state index contributed by atoms with van der Waals surface area (Å²) in [7, 11) is 0. The first-order valence-electron chi connectivity index (χ1n) is 10.1. The molecule has 156 valence electrons. The van der Waals surface area contributed by atoms with Crippen LogP contribution in [-0.2, 0) is 5.75 Å². The van der Waals surface area contributed by atoms with Crippen molar-refractivity contribution < 1.29 is 4.74 Å². The van der Waals surface area contributed by atoms with E-state index in [1.54, 1.807) is 17.8 Å². The highest BCUT2D eigenvalue weighted by Crippen LogP contribution is 2.28. The van der Waals surface area contributed by atoms with Gasteiger partial charge in [0, 0.05) is 16.0 Å². The summed E-state index contributed by atoms with van der Waals surface area (Å²) in [5.41, 5.74) is 3.09. The van der Waals surface area contributed by atoms with Gasteiger partial charge in [-0.15, -0.1) is 22.0 Å². The van der Waals surface area contributed by atoms with E-state index in [4.69, 9.17) is 9.72 Å². The average Bonchev–Trinajstić information content (AvgIpc) is 3.36. The number of pyridine rings is 1. The number of nitrogens with zero attached hydrogens (tertiary/aromatic N) is 4. The smallest absolute Gasteiger partial charge is 0.197 e. The Labute approximate surface area is 189 Å². The molecule has 2 aromatic heterocycles. The molecule has 32 heavy (non-hydrogen) atoms. The van der Waals surface area contributed by atoms with Gasteiger partial charge in [0.2, 0.25) is 0 Å². The van der Waals surface area contributed by atoms with E-state index < -0.39 is 0 Å². The topological polar surface area (TPSA) is 76.6 Å². The number of benzene rings is 3. The molecule has 0 aliphatic rings. The minimum absolute atomic E-state index is 0.531. The Balaban J connectivity index is 1.20. The van der Waals surface area contributed by atoms with Crippen molar-refractivity contribution in [1.82, 2.24) is 25.6 Å².